The second kappa shape index (κ2) is 5.20. The number of nitrogens with zero attached hydrogens (tertiary/aromatic N) is 2. The SMILES string of the molecule is NC(=O)OCCNc1nc(Cl)ncc1N. The van der Waals surface area contributed by atoms with Gasteiger partial charge in [-0.3, -0.25) is 0 Å². The van der Waals surface area contributed by atoms with E-state index >= 15 is 0 Å². The summed E-state index contributed by atoms with van der Waals surface area (Å²) in [7, 11) is 0. The van der Waals surface area contributed by atoms with Gasteiger partial charge in [-0.25, -0.2) is 9.78 Å². The second-order valence-electron chi connectivity index (χ2n) is 2.54. The number of nitrogens with one attached hydrogen (secondary N) is 1. The number of aromatic nitrogens is 2. The highest BCUT2D eigenvalue weighted by atomic mass is 35.5. The van der Waals surface area contributed by atoms with E-state index in [1.54, 1.807) is 0 Å². The molecule has 82 valence electrons. The van der Waals surface area contributed by atoms with Gasteiger partial charge in [0, 0.05) is 0 Å². The molecule has 7 nitrogen and oxygen atoms in total. The molecule has 8 heteroatoms. The molecule has 0 saturated carbocycles. The van der Waals surface area contributed by atoms with Crippen LogP contribution in [0.15, 0.2) is 6.20 Å². The third-order valence-corrected chi connectivity index (χ3v) is 1.61. The predicted octanol–water partition coefficient (Wildman–Crippen LogP) is 0.219. The number of rotatable bonds is 4. The largest absolute Gasteiger partial charge is 0.448 e. The Labute approximate surface area is 90.8 Å². The second-order valence-corrected chi connectivity index (χ2v) is 2.88. The summed E-state index contributed by atoms with van der Waals surface area (Å²) in [6.45, 7) is 0.455. The molecule has 0 aliphatic heterocycles. The molecule has 0 aliphatic rings. The summed E-state index contributed by atoms with van der Waals surface area (Å²) in [5.74, 6) is 0.392. The fourth-order valence-electron chi connectivity index (χ4n) is 0.832. The zero-order valence-corrected chi connectivity index (χ0v) is 8.49. The van der Waals surface area contributed by atoms with Crippen molar-refractivity contribution >= 4 is 29.2 Å². The molecule has 1 aromatic heterocycles. The molecule has 0 fully saturated rings. The number of ether oxygens (including phenoxy) is 1. The number of carbonyl (C=O) groups excluding carboxylic acids is 1. The normalized spacial score (nSPS) is 9.67. The number of hydrogen-bond acceptors (Lipinski definition) is 6. The standard InChI is InChI=1S/C7H10ClN5O2/c8-6-12-3-4(9)5(13-6)11-1-2-15-7(10)14/h3H,1-2,9H2,(H2,10,14)(H,11,12,13). The van der Waals surface area contributed by atoms with Gasteiger partial charge in [-0.15, -0.1) is 0 Å². The average Bonchev–Trinajstić information content (AvgIpc) is 2.17. The van der Waals surface area contributed by atoms with Gasteiger partial charge in [0.25, 0.3) is 0 Å². The lowest BCUT2D eigenvalue weighted by molar-refractivity contribution is 0.161. The van der Waals surface area contributed by atoms with Crippen LogP contribution < -0.4 is 16.8 Å². The van der Waals surface area contributed by atoms with Gasteiger partial charge in [0.2, 0.25) is 5.28 Å². The van der Waals surface area contributed by atoms with E-state index in [0.29, 0.717) is 18.1 Å². The van der Waals surface area contributed by atoms with Gasteiger partial charge >= 0.3 is 6.09 Å². The van der Waals surface area contributed by atoms with Crippen LogP contribution in [0.3, 0.4) is 0 Å². The van der Waals surface area contributed by atoms with Gasteiger partial charge in [0.1, 0.15) is 6.61 Å². The van der Waals surface area contributed by atoms with Gasteiger partial charge in [0.15, 0.2) is 5.82 Å². The van der Waals surface area contributed by atoms with Crippen LogP contribution in [0, 0.1) is 0 Å². The summed E-state index contributed by atoms with van der Waals surface area (Å²) in [6, 6.07) is 0. The molecule has 5 N–H and O–H groups in total. The first-order valence-corrected chi connectivity index (χ1v) is 4.41. The van der Waals surface area contributed by atoms with Gasteiger partial charge in [0.05, 0.1) is 18.4 Å². The van der Waals surface area contributed by atoms with Crippen LogP contribution in [-0.2, 0) is 4.74 Å². The first-order chi connectivity index (χ1) is 7.09. The monoisotopic (exact) mass is 231 g/mol. The molecule has 0 spiro atoms. The van der Waals surface area contributed by atoms with Crippen LogP contribution in [0.25, 0.3) is 0 Å². The van der Waals surface area contributed by atoms with Crippen LogP contribution in [-0.4, -0.2) is 29.2 Å². The number of nitrogen functional groups attached to an aromatic ring is 1. The van der Waals surface area contributed by atoms with E-state index in [0.717, 1.165) is 0 Å². The van der Waals surface area contributed by atoms with Crippen molar-refractivity contribution in [3.63, 3.8) is 0 Å². The van der Waals surface area contributed by atoms with E-state index in [4.69, 9.17) is 23.1 Å². The number of anilines is 2. The molecule has 1 heterocycles. The number of carbonyl (C=O) groups is 1. The molecule has 15 heavy (non-hydrogen) atoms. The van der Waals surface area contributed by atoms with E-state index in [1.807, 2.05) is 0 Å². The summed E-state index contributed by atoms with van der Waals surface area (Å²) < 4.78 is 4.49. The predicted molar refractivity (Wildman–Crippen MR) is 55.5 cm³/mol. The van der Waals surface area contributed by atoms with Gasteiger partial charge < -0.3 is 21.5 Å². The fourth-order valence-corrected chi connectivity index (χ4v) is 0.966. The van der Waals surface area contributed by atoms with Crippen molar-refractivity contribution in [1.29, 1.82) is 0 Å². The van der Waals surface area contributed by atoms with Crippen molar-refractivity contribution in [3.05, 3.63) is 11.5 Å². The first-order valence-electron chi connectivity index (χ1n) is 4.03. The minimum absolute atomic E-state index is 0.0857. The van der Waals surface area contributed by atoms with Crippen LogP contribution in [0.5, 0.6) is 0 Å². The molecule has 0 radical (unpaired) electrons. The zero-order chi connectivity index (χ0) is 11.3. The molecule has 1 aromatic rings. The lowest BCUT2D eigenvalue weighted by atomic mass is 10.5. The minimum atomic E-state index is -0.828. The number of amides is 1. The van der Waals surface area contributed by atoms with Gasteiger partial charge in [-0.2, -0.15) is 4.98 Å². The topological polar surface area (TPSA) is 116 Å². The van der Waals surface area contributed by atoms with Crippen molar-refractivity contribution in [3.8, 4) is 0 Å². The molecular formula is C7H10ClN5O2. The minimum Gasteiger partial charge on any atom is -0.448 e. The third-order valence-electron chi connectivity index (χ3n) is 1.43. The van der Waals surface area contributed by atoms with Crippen LogP contribution in [0.1, 0.15) is 0 Å². The van der Waals surface area contributed by atoms with E-state index in [2.05, 4.69) is 20.0 Å². The maximum Gasteiger partial charge on any atom is 0.404 e. The quantitative estimate of drug-likeness (QED) is 0.504. The Balaban J connectivity index is 2.43. The summed E-state index contributed by atoms with van der Waals surface area (Å²) in [6.07, 6.45) is 0.553. The molecule has 1 amide bonds. The van der Waals surface area contributed by atoms with E-state index in [1.165, 1.54) is 6.20 Å². The lowest BCUT2D eigenvalue weighted by Gasteiger charge is -2.07. The fraction of sp³-hybridized carbons (Fsp3) is 0.286. The molecule has 0 bridgehead atoms. The number of halogens is 1. The van der Waals surface area contributed by atoms with Crippen molar-refractivity contribution < 1.29 is 9.53 Å². The van der Waals surface area contributed by atoms with Crippen LogP contribution in [0.4, 0.5) is 16.3 Å². The number of nitrogens with two attached hydrogens (primary N) is 2. The summed E-state index contributed by atoms with van der Waals surface area (Å²) in [4.78, 5) is 17.7. The Hall–Kier alpha value is -1.76. The van der Waals surface area contributed by atoms with Crippen molar-refractivity contribution in [2.24, 2.45) is 5.73 Å². The maximum atomic E-state index is 10.2. The smallest absolute Gasteiger partial charge is 0.404 e. The number of primary amides is 1. The van der Waals surface area contributed by atoms with Gasteiger partial charge in [-0.05, 0) is 11.6 Å². The third kappa shape index (κ3) is 3.86. The van der Waals surface area contributed by atoms with Gasteiger partial charge in [-0.1, -0.05) is 0 Å². The van der Waals surface area contributed by atoms with Crippen molar-refractivity contribution in [2.75, 3.05) is 24.2 Å². The summed E-state index contributed by atoms with van der Waals surface area (Å²) in [5.41, 5.74) is 10.7. The highest BCUT2D eigenvalue weighted by molar-refractivity contribution is 6.28. The summed E-state index contributed by atoms with van der Waals surface area (Å²) in [5, 5.41) is 2.90. The maximum absolute atomic E-state index is 10.2. The Morgan fingerprint density at radius 3 is 3.07 bits per heavy atom. The average molecular weight is 232 g/mol. The molecule has 0 atom stereocenters. The Morgan fingerprint density at radius 2 is 2.40 bits per heavy atom. The zero-order valence-electron chi connectivity index (χ0n) is 7.74. The Morgan fingerprint density at radius 1 is 1.67 bits per heavy atom. The molecule has 1 rings (SSSR count). The van der Waals surface area contributed by atoms with Crippen molar-refractivity contribution in [1.82, 2.24) is 9.97 Å². The first kappa shape index (κ1) is 11.3. The molecule has 0 saturated heterocycles. The highest BCUT2D eigenvalue weighted by Crippen LogP contribution is 2.14. The van der Waals surface area contributed by atoms with Crippen molar-refractivity contribution in [2.45, 2.75) is 0 Å². The number of hydrogen-bond donors (Lipinski definition) is 3. The molecule has 0 unspecified atom stereocenters. The van der Waals surface area contributed by atoms with Crippen LogP contribution >= 0.6 is 11.6 Å². The Kier molecular flexibility index (Phi) is 3.92. The van der Waals surface area contributed by atoms with E-state index in [-0.39, 0.29) is 11.9 Å². The van der Waals surface area contributed by atoms with E-state index < -0.39 is 6.09 Å². The van der Waals surface area contributed by atoms with E-state index in [9.17, 15) is 4.79 Å². The Bertz CT molecular complexity index is 359. The lowest BCUT2D eigenvalue weighted by Crippen LogP contribution is -2.19. The highest BCUT2D eigenvalue weighted by Gasteiger charge is 2.02. The molecule has 0 aliphatic carbocycles. The summed E-state index contributed by atoms with van der Waals surface area (Å²) >= 11 is 5.56. The molecular weight excluding hydrogens is 222 g/mol. The van der Waals surface area contributed by atoms with Crippen LogP contribution in [0.2, 0.25) is 5.28 Å². The molecule has 0 aromatic carbocycles.